The number of aliphatic hydroxyl groups is 1. The van der Waals surface area contributed by atoms with Crippen LogP contribution in [0.4, 0.5) is 0 Å². The van der Waals surface area contributed by atoms with Crippen LogP contribution in [0.3, 0.4) is 0 Å². The zero-order valence-corrected chi connectivity index (χ0v) is 7.54. The highest BCUT2D eigenvalue weighted by atomic mass is 16.5. The van der Waals surface area contributed by atoms with Crippen LogP contribution in [0, 0.1) is 11.3 Å². The average molecular weight is 173 g/mol. The Morgan fingerprint density at radius 3 is 2.67 bits per heavy atom. The molecule has 1 atom stereocenters. The minimum absolute atomic E-state index is 0.0779. The summed E-state index contributed by atoms with van der Waals surface area (Å²) < 4.78 is 10.0. The molecule has 0 spiro atoms. The van der Waals surface area contributed by atoms with Crippen molar-refractivity contribution in [3.05, 3.63) is 0 Å². The lowest BCUT2D eigenvalue weighted by Gasteiger charge is -2.20. The van der Waals surface area contributed by atoms with E-state index in [1.165, 1.54) is 7.11 Å². The number of hydrogen-bond acceptors (Lipinski definition) is 4. The van der Waals surface area contributed by atoms with Gasteiger partial charge in [0.15, 0.2) is 5.60 Å². The second kappa shape index (κ2) is 5.95. The monoisotopic (exact) mass is 173 g/mol. The number of nitriles is 1. The van der Waals surface area contributed by atoms with Crippen LogP contribution in [0.15, 0.2) is 0 Å². The fourth-order valence-electron chi connectivity index (χ4n) is 0.744. The SMILES string of the molecule is COCC(C)(C#N)OCCCO. The molecule has 0 bridgehead atoms. The first kappa shape index (κ1) is 11.4. The Kier molecular flexibility index (Phi) is 5.64. The minimum Gasteiger partial charge on any atom is -0.396 e. The highest BCUT2D eigenvalue weighted by Gasteiger charge is 2.23. The maximum atomic E-state index is 8.70. The summed E-state index contributed by atoms with van der Waals surface area (Å²) >= 11 is 0. The van der Waals surface area contributed by atoms with Crippen molar-refractivity contribution in [2.24, 2.45) is 0 Å². The summed E-state index contributed by atoms with van der Waals surface area (Å²) in [6.45, 7) is 2.36. The van der Waals surface area contributed by atoms with Crippen LogP contribution in [0.5, 0.6) is 0 Å². The van der Waals surface area contributed by atoms with Crippen molar-refractivity contribution in [1.82, 2.24) is 0 Å². The Hall–Kier alpha value is -0.630. The largest absolute Gasteiger partial charge is 0.396 e. The number of nitrogens with zero attached hydrogens (tertiary/aromatic N) is 1. The van der Waals surface area contributed by atoms with Gasteiger partial charge in [-0.1, -0.05) is 0 Å². The van der Waals surface area contributed by atoms with Gasteiger partial charge in [-0.05, 0) is 13.3 Å². The number of methoxy groups -OCH3 is 1. The van der Waals surface area contributed by atoms with Crippen molar-refractivity contribution in [1.29, 1.82) is 5.26 Å². The van der Waals surface area contributed by atoms with Crippen molar-refractivity contribution in [3.63, 3.8) is 0 Å². The predicted molar refractivity (Wildman–Crippen MR) is 43.5 cm³/mol. The van der Waals surface area contributed by atoms with Gasteiger partial charge in [0.2, 0.25) is 0 Å². The van der Waals surface area contributed by atoms with Gasteiger partial charge in [-0.2, -0.15) is 5.26 Å². The summed E-state index contributed by atoms with van der Waals surface area (Å²) in [5.41, 5.74) is -0.885. The van der Waals surface area contributed by atoms with E-state index in [4.69, 9.17) is 19.8 Å². The van der Waals surface area contributed by atoms with Crippen molar-refractivity contribution in [3.8, 4) is 6.07 Å². The maximum Gasteiger partial charge on any atom is 0.174 e. The lowest BCUT2D eigenvalue weighted by molar-refractivity contribution is -0.0428. The Balaban J connectivity index is 3.73. The predicted octanol–water partition coefficient (Wildman–Crippen LogP) is 0.314. The number of aliphatic hydroxyl groups excluding tert-OH is 1. The number of ether oxygens (including phenoxy) is 2. The fourth-order valence-corrected chi connectivity index (χ4v) is 0.744. The summed E-state index contributed by atoms with van der Waals surface area (Å²) in [5.74, 6) is 0. The zero-order valence-electron chi connectivity index (χ0n) is 7.54. The summed E-state index contributed by atoms with van der Waals surface area (Å²) in [6, 6.07) is 2.01. The van der Waals surface area contributed by atoms with Crippen LogP contribution in [-0.2, 0) is 9.47 Å². The first-order valence-corrected chi connectivity index (χ1v) is 3.83. The van der Waals surface area contributed by atoms with Gasteiger partial charge < -0.3 is 14.6 Å². The third-order valence-electron chi connectivity index (χ3n) is 1.38. The third-order valence-corrected chi connectivity index (χ3v) is 1.38. The fraction of sp³-hybridized carbons (Fsp3) is 0.875. The quantitative estimate of drug-likeness (QED) is 0.587. The molecule has 0 rings (SSSR count). The highest BCUT2D eigenvalue weighted by molar-refractivity contribution is 4.98. The van der Waals surface area contributed by atoms with E-state index in [-0.39, 0.29) is 13.2 Å². The maximum absolute atomic E-state index is 8.70. The van der Waals surface area contributed by atoms with E-state index in [1.807, 2.05) is 6.07 Å². The molecule has 0 radical (unpaired) electrons. The van der Waals surface area contributed by atoms with Crippen molar-refractivity contribution in [2.45, 2.75) is 18.9 Å². The molecule has 0 aliphatic rings. The molecule has 1 N–H and O–H groups in total. The molecule has 0 aliphatic heterocycles. The summed E-state index contributed by atoms with van der Waals surface area (Å²) in [7, 11) is 1.52. The van der Waals surface area contributed by atoms with Crippen LogP contribution >= 0.6 is 0 Å². The molecule has 1 unspecified atom stereocenters. The third kappa shape index (κ3) is 4.29. The summed E-state index contributed by atoms with van der Waals surface area (Å²) in [6.07, 6.45) is 0.543. The molecule has 4 heteroatoms. The van der Waals surface area contributed by atoms with Gasteiger partial charge in [-0.15, -0.1) is 0 Å². The molecule has 0 heterocycles. The molecule has 0 aromatic carbocycles. The Morgan fingerprint density at radius 2 is 2.25 bits per heavy atom. The van der Waals surface area contributed by atoms with E-state index in [0.717, 1.165) is 0 Å². The Morgan fingerprint density at radius 1 is 1.58 bits per heavy atom. The number of rotatable bonds is 6. The molecule has 0 saturated heterocycles. The highest BCUT2D eigenvalue weighted by Crippen LogP contribution is 2.09. The van der Waals surface area contributed by atoms with Crippen molar-refractivity contribution < 1.29 is 14.6 Å². The lowest BCUT2D eigenvalue weighted by Crippen LogP contribution is -2.32. The van der Waals surface area contributed by atoms with Gasteiger partial charge in [0, 0.05) is 13.7 Å². The Labute approximate surface area is 72.7 Å². The van der Waals surface area contributed by atoms with E-state index in [9.17, 15) is 0 Å². The van der Waals surface area contributed by atoms with Crippen molar-refractivity contribution in [2.75, 3.05) is 26.9 Å². The molecule has 0 fully saturated rings. The van der Waals surface area contributed by atoms with Gasteiger partial charge >= 0.3 is 0 Å². The molecular weight excluding hydrogens is 158 g/mol. The molecular formula is C8H15NO3. The van der Waals surface area contributed by atoms with Gasteiger partial charge in [0.1, 0.15) is 0 Å². The van der Waals surface area contributed by atoms with E-state index in [2.05, 4.69) is 0 Å². The number of hydrogen-bond donors (Lipinski definition) is 1. The molecule has 70 valence electrons. The first-order chi connectivity index (χ1) is 5.68. The van der Waals surface area contributed by atoms with Crippen LogP contribution in [0.25, 0.3) is 0 Å². The van der Waals surface area contributed by atoms with Gasteiger partial charge in [0.25, 0.3) is 0 Å². The van der Waals surface area contributed by atoms with E-state index < -0.39 is 5.60 Å². The lowest BCUT2D eigenvalue weighted by atomic mass is 10.1. The van der Waals surface area contributed by atoms with Gasteiger partial charge in [-0.3, -0.25) is 0 Å². The first-order valence-electron chi connectivity index (χ1n) is 3.83. The molecule has 0 aromatic rings. The summed E-state index contributed by atoms with van der Waals surface area (Å²) in [4.78, 5) is 0. The molecule has 12 heavy (non-hydrogen) atoms. The second-order valence-electron chi connectivity index (χ2n) is 2.70. The van der Waals surface area contributed by atoms with Crippen LogP contribution in [0.1, 0.15) is 13.3 Å². The topological polar surface area (TPSA) is 62.5 Å². The summed E-state index contributed by atoms with van der Waals surface area (Å²) in [5, 5.41) is 17.2. The van der Waals surface area contributed by atoms with Gasteiger partial charge in [0.05, 0.1) is 19.3 Å². The molecule has 0 amide bonds. The standard InChI is InChI=1S/C8H15NO3/c1-8(6-9,7-11-2)12-5-3-4-10/h10H,3-5,7H2,1-2H3. The smallest absolute Gasteiger partial charge is 0.174 e. The molecule has 4 nitrogen and oxygen atoms in total. The average Bonchev–Trinajstić information content (AvgIpc) is 2.06. The van der Waals surface area contributed by atoms with Crippen LogP contribution in [0.2, 0.25) is 0 Å². The van der Waals surface area contributed by atoms with E-state index >= 15 is 0 Å². The normalized spacial score (nSPS) is 15.2. The zero-order chi connectivity index (χ0) is 9.45. The van der Waals surface area contributed by atoms with E-state index in [0.29, 0.717) is 13.0 Å². The van der Waals surface area contributed by atoms with Crippen molar-refractivity contribution >= 4 is 0 Å². The van der Waals surface area contributed by atoms with E-state index in [1.54, 1.807) is 6.92 Å². The molecule has 0 aliphatic carbocycles. The Bertz CT molecular complexity index is 155. The van der Waals surface area contributed by atoms with Crippen LogP contribution in [-0.4, -0.2) is 37.6 Å². The molecule has 0 aromatic heterocycles. The minimum atomic E-state index is -0.885. The second-order valence-corrected chi connectivity index (χ2v) is 2.70. The molecule has 0 saturated carbocycles. The van der Waals surface area contributed by atoms with Gasteiger partial charge in [-0.25, -0.2) is 0 Å². The van der Waals surface area contributed by atoms with Crippen LogP contribution < -0.4 is 0 Å².